The van der Waals surface area contributed by atoms with Gasteiger partial charge in [0.05, 0.1) is 77.9 Å². The normalized spacial score (nSPS) is 12.7. The minimum absolute atomic E-state index is 0. The molecule has 6 atom stereocenters. The Morgan fingerprint density at radius 2 is 0.561 bits per heavy atom. The van der Waals surface area contributed by atoms with Gasteiger partial charge < -0.3 is 100 Å². The molecular weight excluding hydrogens is 1810 g/mol. The van der Waals surface area contributed by atoms with Gasteiger partial charge in [-0.3, -0.25) is 81.5 Å². The van der Waals surface area contributed by atoms with E-state index in [-0.39, 0.29) is 277 Å². The average Bonchev–Trinajstić information content (AvgIpc) is 0.854. The van der Waals surface area contributed by atoms with Crippen molar-refractivity contribution in [3.05, 3.63) is 0 Å². The maximum Gasteiger partial charge on any atom is 0.326 e. The van der Waals surface area contributed by atoms with E-state index in [9.17, 15) is 112 Å². The Labute approximate surface area is 824 Å². The van der Waals surface area contributed by atoms with Crippen LogP contribution in [0.5, 0.6) is 0 Å². The second-order valence-electron chi connectivity index (χ2n) is 36.8. The number of rotatable bonds is 102. The van der Waals surface area contributed by atoms with E-state index in [1.54, 1.807) is 20.8 Å². The third-order valence-corrected chi connectivity index (χ3v) is 23.3. The quantitative estimate of drug-likeness (QED) is 0.0252. The second-order valence-corrected chi connectivity index (χ2v) is 36.8. The number of hydrogen-bond donors (Lipinski definition) is 12. The average molecular weight is 1990 g/mol. The fourth-order valence-corrected chi connectivity index (χ4v) is 14.9. The predicted molar refractivity (Wildman–Crippen MR) is 517 cm³/mol. The van der Waals surface area contributed by atoms with Crippen LogP contribution in [0, 0.1) is 29.1 Å². The molecule has 0 aromatic carbocycles. The number of ether oxygens (including phenoxy) is 8. The van der Waals surface area contributed by atoms with E-state index in [0.29, 0.717) is 77.3 Å². The summed E-state index contributed by atoms with van der Waals surface area (Å²) in [4.78, 5) is 234. The van der Waals surface area contributed by atoms with Crippen LogP contribution in [-0.2, 0) is 129 Å². The Bertz CT molecular complexity index is 3530. The minimum Gasteiger partial charge on any atom is -0.481 e. The second kappa shape index (κ2) is 86.9. The molecule has 39 heteroatoms. The van der Waals surface area contributed by atoms with Gasteiger partial charge in [-0.1, -0.05) is 162 Å². The molecule has 0 saturated heterocycles. The lowest BCUT2D eigenvalue weighted by molar-refractivity contribution is -0.145. The zero-order valence-corrected chi connectivity index (χ0v) is 83.7. The number of amides is 6. The molecule has 39 nitrogen and oxygen atoms in total. The van der Waals surface area contributed by atoms with Gasteiger partial charge in [0.25, 0.3) is 0 Å². The van der Waals surface area contributed by atoms with Crippen molar-refractivity contribution in [2.24, 2.45) is 29.1 Å². The van der Waals surface area contributed by atoms with Crippen molar-refractivity contribution in [2.75, 3.05) is 132 Å². The van der Waals surface area contributed by atoms with E-state index in [1.807, 2.05) is 0 Å². The fourth-order valence-electron chi connectivity index (χ4n) is 14.9. The monoisotopic (exact) mass is 1990 g/mol. The van der Waals surface area contributed by atoms with Crippen LogP contribution in [0.4, 0.5) is 0 Å². The van der Waals surface area contributed by atoms with Crippen molar-refractivity contribution >= 4 is 112 Å². The van der Waals surface area contributed by atoms with Crippen LogP contribution in [0.25, 0.3) is 0 Å². The molecule has 0 rings (SSSR count). The van der Waals surface area contributed by atoms with Gasteiger partial charge in [0.15, 0.2) is 5.78 Å². The summed E-state index contributed by atoms with van der Waals surface area (Å²) >= 11 is 0. The highest BCUT2D eigenvalue weighted by Gasteiger charge is 2.32. The summed E-state index contributed by atoms with van der Waals surface area (Å²) in [6.07, 6.45) is 26.1. The summed E-state index contributed by atoms with van der Waals surface area (Å²) in [6.45, 7) is 8.62. The van der Waals surface area contributed by atoms with Crippen molar-refractivity contribution in [3.8, 4) is 0 Å². The molecule has 0 aliphatic carbocycles. The summed E-state index contributed by atoms with van der Waals surface area (Å²) in [6, 6.07) is -2.68. The van der Waals surface area contributed by atoms with Crippen LogP contribution in [0.15, 0.2) is 0 Å². The van der Waals surface area contributed by atoms with Gasteiger partial charge in [0.1, 0.15) is 73.2 Å². The Morgan fingerprint density at radius 3 is 0.950 bits per heavy atom. The van der Waals surface area contributed by atoms with E-state index in [1.165, 1.54) is 6.92 Å². The molecule has 0 aromatic heterocycles. The standard InChI is InChI=1S/C100H170N6O33.2H2/c1-75(107)76(35-29-31-51-101-91(117)72-137-64-60-133-56-34-39-83(111)71-136-63-61-134-57-53-103-88(114)49-43-78(96(124)125)68-82(110)46-48-85(99(130)131)105-89(115)40-26-22-18-14-10-6-8-12-16-20-24-28-42-95(122)123)69-86(112)77(70-87(113)100(2,3)4)36-30-32-52-102-92(118)73-139-66-62-135-58-54-104-93(119)74-138-65-59-132-55-33-38-80(108)45-47-84(98(128)129)106-90(116)50-44-79(97(126)127)67-81(109)37-25-21-17-13-9-5-7-11-15-19-23-27-41-94(120)121;;/h76-79,84-85H,5-74H2,1-4H3,(H,101,117)(H,102,118)(H,103,114)(H,104,119)(H,105,115)(H,106,116)(H,120,121)(H,122,123)(H,124,125)(H,126,127)(H,128,129)(H,130,131);2*1H/t76-,77-,78-,79-,84+,85+;;/m1../s1. The maximum atomic E-state index is 13.8. The molecule has 802 valence electrons. The molecule has 12 N–H and O–H groups in total. The van der Waals surface area contributed by atoms with E-state index >= 15 is 0 Å². The molecule has 0 unspecified atom stereocenters. The van der Waals surface area contributed by atoms with Crippen molar-refractivity contribution in [2.45, 2.75) is 361 Å². The van der Waals surface area contributed by atoms with Crippen LogP contribution in [0.1, 0.15) is 352 Å². The Morgan fingerprint density at radius 1 is 0.245 bits per heavy atom. The number of aliphatic carboxylic acids is 6. The fraction of sp³-hybridized carbons (Fsp3) is 0.810. The largest absolute Gasteiger partial charge is 0.481 e. The van der Waals surface area contributed by atoms with Crippen molar-refractivity contribution in [3.63, 3.8) is 0 Å². The predicted octanol–water partition coefficient (Wildman–Crippen LogP) is 11.6. The minimum atomic E-state index is -1.37. The van der Waals surface area contributed by atoms with Gasteiger partial charge in [-0.2, -0.15) is 0 Å². The molecule has 0 bridgehead atoms. The summed E-state index contributed by atoms with van der Waals surface area (Å²) in [7, 11) is 0. The molecule has 0 aromatic rings. The van der Waals surface area contributed by atoms with Crippen LogP contribution in [0.2, 0.25) is 0 Å². The van der Waals surface area contributed by atoms with Crippen molar-refractivity contribution < 1.29 is 162 Å². The smallest absolute Gasteiger partial charge is 0.326 e. The number of carbonyl (C=O) groups excluding carboxylic acids is 13. The Balaban J connectivity index is -0.0000952. The Hall–Kier alpha value is -8.99. The number of Topliss-reactive ketones (excluding diaryl/α,β-unsaturated/α-hetero) is 7. The van der Waals surface area contributed by atoms with Crippen molar-refractivity contribution in [1.82, 2.24) is 31.9 Å². The van der Waals surface area contributed by atoms with Gasteiger partial charge in [-0.15, -0.1) is 0 Å². The summed E-state index contributed by atoms with van der Waals surface area (Å²) in [5.41, 5.74) is -0.691. The molecule has 6 amide bonds. The number of ketones is 7. The summed E-state index contributed by atoms with van der Waals surface area (Å²) < 4.78 is 43.5. The lowest BCUT2D eigenvalue weighted by Crippen LogP contribution is -2.41. The molecule has 0 radical (unpaired) electrons. The highest BCUT2D eigenvalue weighted by molar-refractivity contribution is 5.93. The first-order valence-electron chi connectivity index (χ1n) is 50.8. The lowest BCUT2D eigenvalue weighted by atomic mass is 9.79. The third kappa shape index (κ3) is 82.3. The van der Waals surface area contributed by atoms with Crippen molar-refractivity contribution in [1.29, 1.82) is 0 Å². The maximum absolute atomic E-state index is 13.8. The first-order valence-corrected chi connectivity index (χ1v) is 50.8. The van der Waals surface area contributed by atoms with E-state index < -0.39 is 113 Å². The third-order valence-electron chi connectivity index (χ3n) is 23.3. The number of hydrogen-bond acceptors (Lipinski definition) is 27. The van der Waals surface area contributed by atoms with Gasteiger partial charge in [0, 0.05) is 149 Å². The molecule has 0 saturated carbocycles. The van der Waals surface area contributed by atoms with Gasteiger partial charge in [0.2, 0.25) is 35.4 Å². The SMILES string of the molecule is CC(=O)[C@H](CCCCNC(=O)COCCOCCCC(=O)COCCOCCNC(=O)CC[C@H](CC(=O)CC[C@H](NC(=O)CCCCCCCCCCCCCCC(=O)O)C(=O)O)C(=O)O)CC(=O)[C@H](CCCCNC(=O)COCCOCCNC(=O)COCCOCCCC(=O)CC[C@H](NC(=O)CC[C@H](CC(=O)CCCCCCCCCCCCCCC(=O)O)C(=O)O)C(=O)O)CC(=O)C(C)(C)C.[HH].[HH]. The van der Waals surface area contributed by atoms with Gasteiger partial charge in [-0.25, -0.2) is 9.59 Å². The number of unbranched alkanes of at least 4 members (excludes halogenated alkanes) is 24. The first kappa shape index (κ1) is 130. The van der Waals surface area contributed by atoms with E-state index in [4.69, 9.17) is 48.1 Å². The number of carboxylic acids is 6. The molecule has 0 heterocycles. The van der Waals surface area contributed by atoms with E-state index in [2.05, 4.69) is 31.9 Å². The summed E-state index contributed by atoms with van der Waals surface area (Å²) in [5, 5.41) is 71.9. The zero-order valence-electron chi connectivity index (χ0n) is 83.7. The highest BCUT2D eigenvalue weighted by Crippen LogP contribution is 2.28. The number of nitrogens with one attached hydrogen (secondary N) is 6. The molecule has 0 fully saturated rings. The number of carbonyl (C=O) groups is 19. The highest BCUT2D eigenvalue weighted by atomic mass is 16.5. The van der Waals surface area contributed by atoms with Crippen LogP contribution < -0.4 is 31.9 Å². The van der Waals surface area contributed by atoms with Gasteiger partial charge in [-0.05, 0) is 96.8 Å². The first-order chi connectivity index (χ1) is 66.5. The topological polar surface area (TPSA) is 592 Å². The number of carboxylic acid groups (broad SMARTS) is 6. The van der Waals surface area contributed by atoms with Crippen LogP contribution in [0.3, 0.4) is 0 Å². The van der Waals surface area contributed by atoms with Crippen LogP contribution in [-0.4, -0.2) is 286 Å². The van der Waals surface area contributed by atoms with Gasteiger partial charge >= 0.3 is 35.8 Å². The Kier molecular flexibility index (Phi) is 81.2. The van der Waals surface area contributed by atoms with E-state index in [0.717, 1.165) is 141 Å². The molecule has 0 spiro atoms. The van der Waals surface area contributed by atoms with Crippen LogP contribution >= 0.6 is 0 Å². The lowest BCUT2D eigenvalue weighted by Gasteiger charge is -2.23. The molecule has 0 aliphatic rings. The summed E-state index contributed by atoms with van der Waals surface area (Å²) in [5.74, 6) is -14.3. The molecule has 139 heavy (non-hydrogen) atoms. The molecular formula is C100H174N6O33. The zero-order chi connectivity index (χ0) is 103. The molecule has 0 aliphatic heterocycles.